The first-order chi connectivity index (χ1) is 12.6. The summed E-state index contributed by atoms with van der Waals surface area (Å²) in [5.74, 6) is -0.269. The average molecular weight is 435 g/mol. The van der Waals surface area contributed by atoms with Gasteiger partial charge in [-0.2, -0.15) is 13.2 Å². The van der Waals surface area contributed by atoms with Gasteiger partial charge in [0.2, 0.25) is 0 Å². The molecule has 0 spiro atoms. The van der Waals surface area contributed by atoms with Gasteiger partial charge in [-0.15, -0.1) is 0 Å². The molecule has 0 fully saturated rings. The molecule has 0 atom stereocenters. The van der Waals surface area contributed by atoms with Crippen LogP contribution in [-0.4, -0.2) is 11.4 Å². The van der Waals surface area contributed by atoms with Crippen molar-refractivity contribution in [3.63, 3.8) is 0 Å². The molecule has 4 rings (SSSR count). The molecule has 0 aromatic heterocycles. The van der Waals surface area contributed by atoms with Crippen molar-refractivity contribution in [2.45, 2.75) is 25.4 Å². The monoisotopic (exact) mass is 434 g/mol. The van der Waals surface area contributed by atoms with Crippen molar-refractivity contribution in [3.05, 3.63) is 63.1 Å². The minimum atomic E-state index is -4.61. The van der Waals surface area contributed by atoms with E-state index in [4.69, 9.17) is 0 Å². The fourth-order valence-electron chi connectivity index (χ4n) is 4.10. The Morgan fingerprint density at radius 2 is 1.85 bits per heavy atom. The van der Waals surface area contributed by atoms with E-state index in [1.165, 1.54) is 6.07 Å². The lowest BCUT2D eigenvalue weighted by molar-refractivity contribution is -0.137. The van der Waals surface area contributed by atoms with E-state index in [0.29, 0.717) is 17.2 Å². The fourth-order valence-corrected chi connectivity index (χ4v) is 4.96. The van der Waals surface area contributed by atoms with Crippen LogP contribution in [0.25, 0.3) is 21.9 Å². The number of aromatic hydroxyl groups is 1. The summed E-state index contributed by atoms with van der Waals surface area (Å²) >= 11 is 3.56. The van der Waals surface area contributed by atoms with Crippen molar-refractivity contribution >= 4 is 33.0 Å². The summed E-state index contributed by atoms with van der Waals surface area (Å²) in [4.78, 5) is 11.7. The lowest BCUT2D eigenvalue weighted by Crippen LogP contribution is -2.15. The maximum Gasteiger partial charge on any atom is 0.416 e. The third-order valence-corrected chi connectivity index (χ3v) is 5.94. The first-order valence-electron chi connectivity index (χ1n) is 8.23. The zero-order chi connectivity index (χ0) is 19.7. The van der Waals surface area contributed by atoms with E-state index in [0.717, 1.165) is 33.3 Å². The van der Waals surface area contributed by atoms with Crippen LogP contribution in [0.15, 0.2) is 40.9 Å². The van der Waals surface area contributed by atoms with Gasteiger partial charge in [0.15, 0.2) is 6.29 Å². The van der Waals surface area contributed by atoms with Gasteiger partial charge in [0.05, 0.1) is 5.56 Å². The molecule has 3 aromatic carbocycles. The molecule has 0 radical (unpaired) electrons. The van der Waals surface area contributed by atoms with Crippen molar-refractivity contribution < 1.29 is 23.1 Å². The van der Waals surface area contributed by atoms with Gasteiger partial charge in [-0.05, 0) is 46.5 Å². The van der Waals surface area contributed by atoms with E-state index in [1.807, 2.05) is 32.0 Å². The summed E-state index contributed by atoms with van der Waals surface area (Å²) in [5, 5.41) is 10.9. The first kappa shape index (κ1) is 18.0. The molecule has 0 saturated heterocycles. The molecule has 1 aliphatic rings. The number of phenols is 1. The Labute approximate surface area is 161 Å². The summed E-state index contributed by atoms with van der Waals surface area (Å²) in [6.07, 6.45) is -4.20. The smallest absolute Gasteiger partial charge is 0.416 e. The van der Waals surface area contributed by atoms with Crippen LogP contribution in [0.1, 0.15) is 40.9 Å². The zero-order valence-corrected chi connectivity index (χ0v) is 16.0. The van der Waals surface area contributed by atoms with Gasteiger partial charge >= 0.3 is 6.18 Å². The minimum absolute atomic E-state index is 0.0225. The normalized spacial score (nSPS) is 14.9. The van der Waals surface area contributed by atoms with Crippen LogP contribution in [0, 0.1) is 0 Å². The molecule has 0 saturated carbocycles. The third kappa shape index (κ3) is 2.42. The number of halogens is 4. The maximum absolute atomic E-state index is 13.2. The molecule has 0 aliphatic heterocycles. The topological polar surface area (TPSA) is 37.3 Å². The number of carbonyl (C=O) groups is 1. The average Bonchev–Trinajstić information content (AvgIpc) is 2.81. The molecular formula is C21H14BrF3O2. The molecule has 2 nitrogen and oxygen atoms in total. The third-order valence-electron chi connectivity index (χ3n) is 5.28. The quantitative estimate of drug-likeness (QED) is 0.447. The van der Waals surface area contributed by atoms with Crippen molar-refractivity contribution in [2.24, 2.45) is 0 Å². The second-order valence-electron chi connectivity index (χ2n) is 7.21. The van der Waals surface area contributed by atoms with Crippen molar-refractivity contribution in [1.29, 1.82) is 0 Å². The van der Waals surface area contributed by atoms with Gasteiger partial charge in [-0.3, -0.25) is 4.79 Å². The molecule has 1 N–H and O–H groups in total. The molecule has 6 heteroatoms. The van der Waals surface area contributed by atoms with Crippen molar-refractivity contribution in [1.82, 2.24) is 0 Å². The van der Waals surface area contributed by atoms with Gasteiger partial charge in [-0.25, -0.2) is 0 Å². The van der Waals surface area contributed by atoms with Gasteiger partial charge in [-0.1, -0.05) is 41.9 Å². The minimum Gasteiger partial charge on any atom is -0.507 e. The molecule has 138 valence electrons. The molecule has 3 aromatic rings. The largest absolute Gasteiger partial charge is 0.507 e. The second-order valence-corrected chi connectivity index (χ2v) is 8.06. The highest BCUT2D eigenvalue weighted by molar-refractivity contribution is 9.10. The number of phenolic OH excluding ortho intramolecular Hbond substituents is 1. The number of alkyl halides is 3. The fraction of sp³-hybridized carbons (Fsp3) is 0.190. The Morgan fingerprint density at radius 3 is 2.48 bits per heavy atom. The number of hydrogen-bond acceptors (Lipinski definition) is 2. The highest BCUT2D eigenvalue weighted by Gasteiger charge is 2.40. The Bertz CT molecular complexity index is 1130. The maximum atomic E-state index is 13.2. The Morgan fingerprint density at radius 1 is 1.15 bits per heavy atom. The number of fused-ring (bicyclic) bond motifs is 5. The van der Waals surface area contributed by atoms with Crippen LogP contribution in [0.5, 0.6) is 5.75 Å². The lowest BCUT2D eigenvalue weighted by Gasteiger charge is -2.23. The summed E-state index contributed by atoms with van der Waals surface area (Å²) in [6, 6.07) is 8.89. The number of aldehydes is 1. The van der Waals surface area contributed by atoms with Gasteiger partial charge < -0.3 is 5.11 Å². The van der Waals surface area contributed by atoms with Gasteiger partial charge in [0.1, 0.15) is 5.75 Å². The Hall–Kier alpha value is -2.34. The van der Waals surface area contributed by atoms with Crippen LogP contribution in [0.2, 0.25) is 0 Å². The van der Waals surface area contributed by atoms with E-state index in [9.17, 15) is 23.1 Å². The predicted octanol–water partition coefficient (Wildman–Crippen LogP) is 6.45. The van der Waals surface area contributed by atoms with E-state index >= 15 is 0 Å². The van der Waals surface area contributed by atoms with E-state index < -0.39 is 17.2 Å². The summed E-state index contributed by atoms with van der Waals surface area (Å²) in [7, 11) is 0. The number of hydrogen-bond donors (Lipinski definition) is 1. The number of benzene rings is 3. The predicted molar refractivity (Wildman–Crippen MR) is 101 cm³/mol. The highest BCUT2D eigenvalue weighted by atomic mass is 79.9. The number of rotatable bonds is 1. The molecule has 1 aliphatic carbocycles. The molecule has 0 amide bonds. The van der Waals surface area contributed by atoms with E-state index in [-0.39, 0.29) is 16.7 Å². The number of carbonyl (C=O) groups excluding carboxylic acids is 1. The molecule has 0 unspecified atom stereocenters. The van der Waals surface area contributed by atoms with E-state index in [1.54, 1.807) is 0 Å². The summed E-state index contributed by atoms with van der Waals surface area (Å²) < 4.78 is 40.6. The molecule has 0 bridgehead atoms. The Balaban J connectivity index is 2.23. The van der Waals surface area contributed by atoms with Crippen molar-refractivity contribution in [2.75, 3.05) is 0 Å². The van der Waals surface area contributed by atoms with Gasteiger partial charge in [0, 0.05) is 26.2 Å². The van der Waals surface area contributed by atoms with Crippen LogP contribution in [0.3, 0.4) is 0 Å². The zero-order valence-electron chi connectivity index (χ0n) is 14.4. The standard InChI is InChI=1S/C21H14BrF3O2/c1-20(2)14-8-16(27)13-7-11(21(23,24)25)6-10(9-26)17(13)18(14)12-4-3-5-15(22)19(12)20/h3-9,27H,1-2H3. The van der Waals surface area contributed by atoms with Crippen LogP contribution in [0.4, 0.5) is 13.2 Å². The Kier molecular flexibility index (Phi) is 3.73. The lowest BCUT2D eigenvalue weighted by atomic mass is 9.81. The second kappa shape index (κ2) is 5.58. The van der Waals surface area contributed by atoms with Crippen LogP contribution < -0.4 is 0 Å². The van der Waals surface area contributed by atoms with E-state index in [2.05, 4.69) is 15.9 Å². The first-order valence-corrected chi connectivity index (χ1v) is 9.02. The van der Waals surface area contributed by atoms with Gasteiger partial charge in [0.25, 0.3) is 0 Å². The molecule has 0 heterocycles. The van der Waals surface area contributed by atoms with Crippen LogP contribution in [-0.2, 0) is 11.6 Å². The van der Waals surface area contributed by atoms with Crippen LogP contribution >= 0.6 is 15.9 Å². The molecule has 27 heavy (non-hydrogen) atoms. The van der Waals surface area contributed by atoms with Crippen molar-refractivity contribution in [3.8, 4) is 16.9 Å². The summed E-state index contributed by atoms with van der Waals surface area (Å²) in [5.41, 5.74) is 1.76. The highest BCUT2D eigenvalue weighted by Crippen LogP contribution is 2.55. The summed E-state index contributed by atoms with van der Waals surface area (Å²) in [6.45, 7) is 3.97. The molecular weight excluding hydrogens is 421 g/mol. The SMILES string of the molecule is CC1(C)c2cc(O)c3cc(C(F)(F)F)cc(C=O)c3c2-c2cccc(Br)c21.